The lowest BCUT2D eigenvalue weighted by Crippen LogP contribution is -2.40. The molecular weight excluding hydrogens is 314 g/mol. The smallest absolute Gasteiger partial charge is 0.273 e. The Balaban J connectivity index is 1.63. The number of hydrogen-bond donors (Lipinski definition) is 1. The van der Waals surface area contributed by atoms with Crippen LogP contribution in [-0.4, -0.2) is 44.5 Å². The van der Waals surface area contributed by atoms with E-state index >= 15 is 0 Å². The molecule has 25 heavy (non-hydrogen) atoms. The van der Waals surface area contributed by atoms with Crippen LogP contribution < -0.4 is 5.32 Å². The lowest BCUT2D eigenvalue weighted by Gasteiger charge is -2.29. The van der Waals surface area contributed by atoms with Crippen LogP contribution in [0.1, 0.15) is 41.1 Å². The van der Waals surface area contributed by atoms with Crippen LogP contribution in [0.3, 0.4) is 0 Å². The molecule has 0 bridgehead atoms. The summed E-state index contributed by atoms with van der Waals surface area (Å²) in [7, 11) is 1.98. The quantitative estimate of drug-likeness (QED) is 0.924. The summed E-state index contributed by atoms with van der Waals surface area (Å²) < 4.78 is 1.99. The molecule has 1 N–H and O–H groups in total. The first-order chi connectivity index (χ1) is 12.1. The summed E-state index contributed by atoms with van der Waals surface area (Å²) in [6.45, 7) is 4.58. The van der Waals surface area contributed by atoms with Gasteiger partial charge >= 0.3 is 0 Å². The van der Waals surface area contributed by atoms with Gasteiger partial charge in [-0.15, -0.1) is 0 Å². The Kier molecular flexibility index (Phi) is 4.07. The van der Waals surface area contributed by atoms with E-state index in [4.69, 9.17) is 0 Å². The number of piperidine rings is 1. The van der Waals surface area contributed by atoms with Gasteiger partial charge in [0.2, 0.25) is 0 Å². The number of nitrogens with one attached hydrogen (secondary N) is 1. The number of pyridine rings is 1. The van der Waals surface area contributed by atoms with Crippen LogP contribution in [0.4, 0.5) is 0 Å². The van der Waals surface area contributed by atoms with Gasteiger partial charge in [-0.25, -0.2) is 4.98 Å². The molecule has 1 saturated heterocycles. The third-order valence-corrected chi connectivity index (χ3v) is 5.83. The Morgan fingerprint density at radius 2 is 2.16 bits per heavy atom. The molecule has 4 rings (SSSR count). The molecule has 1 aliphatic heterocycles. The maximum atomic E-state index is 13.3. The summed E-state index contributed by atoms with van der Waals surface area (Å²) in [6, 6.07) is 4.12. The zero-order valence-corrected chi connectivity index (χ0v) is 14.9. The Hall–Kier alpha value is -2.21. The van der Waals surface area contributed by atoms with E-state index in [0.717, 1.165) is 43.7 Å². The van der Waals surface area contributed by atoms with Crippen molar-refractivity contribution in [3.05, 3.63) is 47.8 Å². The average Bonchev–Trinajstić information content (AvgIpc) is 3.13. The monoisotopic (exact) mass is 339 g/mol. The molecule has 1 amide bonds. The van der Waals surface area contributed by atoms with Crippen molar-refractivity contribution in [1.29, 1.82) is 0 Å². The predicted octanol–water partition coefficient (Wildman–Crippen LogP) is 1.91. The lowest BCUT2D eigenvalue weighted by atomic mass is 9.93. The maximum absolute atomic E-state index is 13.3. The average molecular weight is 339 g/mol. The molecule has 1 atom stereocenters. The molecule has 132 valence electrons. The van der Waals surface area contributed by atoms with Crippen LogP contribution in [0, 0.1) is 12.3 Å². The molecule has 1 aliphatic carbocycles. The molecule has 2 aromatic heterocycles. The number of amides is 1. The summed E-state index contributed by atoms with van der Waals surface area (Å²) in [5, 5.41) is 3.43. The third-order valence-electron chi connectivity index (χ3n) is 5.83. The number of carbonyl (C=O) groups is 1. The molecule has 1 unspecified atom stereocenters. The van der Waals surface area contributed by atoms with Crippen LogP contribution in [-0.2, 0) is 13.6 Å². The van der Waals surface area contributed by atoms with Gasteiger partial charge < -0.3 is 14.8 Å². The molecular formula is C19H25N5O. The van der Waals surface area contributed by atoms with E-state index < -0.39 is 0 Å². The summed E-state index contributed by atoms with van der Waals surface area (Å²) in [6.07, 6.45) is 8.80. The van der Waals surface area contributed by atoms with Gasteiger partial charge in [0.25, 0.3) is 5.91 Å². The highest BCUT2D eigenvalue weighted by Crippen LogP contribution is 2.56. The maximum Gasteiger partial charge on any atom is 0.273 e. The molecule has 1 saturated carbocycles. The number of aromatic nitrogens is 3. The van der Waals surface area contributed by atoms with E-state index in [1.807, 2.05) is 41.8 Å². The highest BCUT2D eigenvalue weighted by atomic mass is 16.2. The van der Waals surface area contributed by atoms with Crippen LogP contribution in [0.5, 0.6) is 0 Å². The molecule has 2 fully saturated rings. The van der Waals surface area contributed by atoms with Gasteiger partial charge in [-0.1, -0.05) is 6.07 Å². The largest absolute Gasteiger partial charge is 0.337 e. The number of aryl methyl sites for hydroxylation is 2. The van der Waals surface area contributed by atoms with Gasteiger partial charge in [0.15, 0.2) is 0 Å². The van der Waals surface area contributed by atoms with E-state index in [-0.39, 0.29) is 11.3 Å². The first kappa shape index (κ1) is 16.3. The summed E-state index contributed by atoms with van der Waals surface area (Å²) in [4.78, 5) is 24.1. The summed E-state index contributed by atoms with van der Waals surface area (Å²) in [5.74, 6) is 0.944. The number of hydrogen-bond acceptors (Lipinski definition) is 4. The minimum Gasteiger partial charge on any atom is -0.337 e. The van der Waals surface area contributed by atoms with Gasteiger partial charge in [0.1, 0.15) is 11.5 Å². The van der Waals surface area contributed by atoms with Crippen molar-refractivity contribution < 1.29 is 4.79 Å². The Morgan fingerprint density at radius 1 is 1.36 bits per heavy atom. The van der Waals surface area contributed by atoms with Crippen molar-refractivity contribution in [2.24, 2.45) is 12.5 Å². The Bertz CT molecular complexity index is 778. The second-order valence-corrected chi connectivity index (χ2v) is 7.39. The second kappa shape index (κ2) is 6.26. The molecule has 3 heterocycles. The van der Waals surface area contributed by atoms with Gasteiger partial charge in [-0.2, -0.15) is 0 Å². The minimum atomic E-state index is 0.0292. The normalized spacial score (nSPS) is 21.3. The lowest BCUT2D eigenvalue weighted by molar-refractivity contribution is 0.0678. The van der Waals surface area contributed by atoms with E-state index in [2.05, 4.69) is 15.3 Å². The Morgan fingerprint density at radius 3 is 2.84 bits per heavy atom. The summed E-state index contributed by atoms with van der Waals surface area (Å²) >= 11 is 0. The molecule has 6 nitrogen and oxygen atoms in total. The van der Waals surface area contributed by atoms with Crippen molar-refractivity contribution in [3.63, 3.8) is 0 Å². The first-order valence-electron chi connectivity index (χ1n) is 9.00. The SMILES string of the molecule is Cc1cccnc1C(=O)N(Cc1nccn1C)C1CC12CCNCC2. The topological polar surface area (TPSA) is 63.1 Å². The van der Waals surface area contributed by atoms with Crippen molar-refractivity contribution in [3.8, 4) is 0 Å². The van der Waals surface area contributed by atoms with Crippen molar-refractivity contribution in [2.75, 3.05) is 13.1 Å². The molecule has 1 spiro atoms. The first-order valence-corrected chi connectivity index (χ1v) is 9.00. The van der Waals surface area contributed by atoms with Crippen LogP contribution >= 0.6 is 0 Å². The van der Waals surface area contributed by atoms with Gasteiger partial charge in [0.05, 0.1) is 6.54 Å². The summed E-state index contributed by atoms with van der Waals surface area (Å²) in [5.41, 5.74) is 1.78. The number of carbonyl (C=O) groups excluding carboxylic acids is 1. The fourth-order valence-electron chi connectivity index (χ4n) is 4.10. The highest BCUT2D eigenvalue weighted by Gasteiger charge is 2.58. The fraction of sp³-hybridized carbons (Fsp3) is 0.526. The molecule has 0 radical (unpaired) electrons. The number of nitrogens with zero attached hydrogens (tertiary/aromatic N) is 4. The van der Waals surface area contributed by atoms with E-state index in [9.17, 15) is 4.79 Å². The number of rotatable bonds is 4. The zero-order valence-electron chi connectivity index (χ0n) is 14.9. The van der Waals surface area contributed by atoms with E-state index in [0.29, 0.717) is 18.3 Å². The standard InChI is InChI=1S/C19H25N5O/c1-14-4-3-7-22-17(14)18(25)24(13-16-21-10-11-23(16)2)15-12-19(15)5-8-20-9-6-19/h3-4,7,10-11,15,20H,5-6,8-9,12-13H2,1-2H3. The number of imidazole rings is 1. The van der Waals surface area contributed by atoms with Crippen molar-refractivity contribution >= 4 is 5.91 Å². The van der Waals surface area contributed by atoms with Crippen molar-refractivity contribution in [1.82, 2.24) is 24.8 Å². The second-order valence-electron chi connectivity index (χ2n) is 7.39. The molecule has 2 aliphatic rings. The van der Waals surface area contributed by atoms with Gasteiger partial charge in [-0.05, 0) is 56.3 Å². The van der Waals surface area contributed by atoms with Crippen LogP contribution in [0.25, 0.3) is 0 Å². The minimum absolute atomic E-state index is 0.0292. The molecule has 0 aromatic carbocycles. The van der Waals surface area contributed by atoms with E-state index in [1.54, 1.807) is 12.4 Å². The molecule has 6 heteroatoms. The van der Waals surface area contributed by atoms with Crippen LogP contribution in [0.15, 0.2) is 30.7 Å². The predicted molar refractivity (Wildman–Crippen MR) is 95.0 cm³/mol. The zero-order chi connectivity index (χ0) is 17.4. The Labute approximate surface area is 148 Å². The van der Waals surface area contributed by atoms with Gasteiger partial charge in [-0.3, -0.25) is 9.78 Å². The fourth-order valence-corrected chi connectivity index (χ4v) is 4.10. The third kappa shape index (κ3) is 2.95. The molecule has 2 aromatic rings. The van der Waals surface area contributed by atoms with Gasteiger partial charge in [0, 0.05) is 31.7 Å². The van der Waals surface area contributed by atoms with Crippen molar-refractivity contribution in [2.45, 2.75) is 38.8 Å². The highest BCUT2D eigenvalue weighted by molar-refractivity contribution is 5.94. The van der Waals surface area contributed by atoms with E-state index in [1.165, 1.54) is 0 Å². The van der Waals surface area contributed by atoms with Crippen LogP contribution in [0.2, 0.25) is 0 Å².